The van der Waals surface area contributed by atoms with Gasteiger partial charge in [-0.1, -0.05) is 12.1 Å². The molecule has 1 rings (SSSR count). The lowest BCUT2D eigenvalue weighted by Gasteiger charge is -2.12. The van der Waals surface area contributed by atoms with Crippen LogP contribution in [0.25, 0.3) is 0 Å². The van der Waals surface area contributed by atoms with Gasteiger partial charge in [-0.05, 0) is 24.6 Å². The Balaban J connectivity index is 2.96. The molecule has 1 amide bonds. The molecule has 1 aromatic carbocycles. The zero-order valence-corrected chi connectivity index (χ0v) is 9.77. The first-order valence-corrected chi connectivity index (χ1v) is 5.39. The maximum atomic E-state index is 12.4. The summed E-state index contributed by atoms with van der Waals surface area (Å²) < 4.78 is 37.3. The van der Waals surface area contributed by atoms with Crippen LogP contribution in [0.15, 0.2) is 24.3 Å². The van der Waals surface area contributed by atoms with Gasteiger partial charge in [-0.2, -0.15) is 13.2 Å². The molecule has 0 aliphatic carbocycles. The van der Waals surface area contributed by atoms with Gasteiger partial charge >= 0.3 is 6.18 Å². The van der Waals surface area contributed by atoms with Crippen molar-refractivity contribution < 1.29 is 18.0 Å². The number of halogens is 4. The molecule has 0 radical (unpaired) electrons. The lowest BCUT2D eigenvalue weighted by molar-refractivity contribution is -0.137. The molecule has 0 aromatic heterocycles. The Kier molecular flexibility index (Phi) is 4.40. The Morgan fingerprint density at radius 2 is 2.12 bits per heavy atom. The van der Waals surface area contributed by atoms with E-state index in [0.717, 1.165) is 12.1 Å². The number of carbonyl (C=O) groups is 1. The second-order valence-corrected chi connectivity index (χ2v) is 3.82. The van der Waals surface area contributed by atoms with Crippen LogP contribution in [0.3, 0.4) is 0 Å². The van der Waals surface area contributed by atoms with Crippen molar-refractivity contribution in [2.45, 2.75) is 18.5 Å². The van der Waals surface area contributed by atoms with E-state index in [2.05, 4.69) is 5.32 Å². The lowest BCUT2D eigenvalue weighted by Crippen LogP contribution is -2.26. The highest BCUT2D eigenvalue weighted by Gasteiger charge is 2.31. The summed E-state index contributed by atoms with van der Waals surface area (Å²) in [5, 5.41) is 1.34. The van der Waals surface area contributed by atoms with E-state index < -0.39 is 23.0 Å². The van der Waals surface area contributed by atoms with Gasteiger partial charge < -0.3 is 5.32 Å². The normalized spacial score (nSPS) is 13.2. The van der Waals surface area contributed by atoms with Crippen LogP contribution in [-0.2, 0) is 11.0 Å². The van der Waals surface area contributed by atoms with Crippen molar-refractivity contribution in [1.29, 1.82) is 0 Å². The first-order valence-electron chi connectivity index (χ1n) is 4.95. The third-order valence-corrected chi connectivity index (χ3v) is 2.54. The second kappa shape index (κ2) is 5.40. The highest BCUT2D eigenvalue weighted by molar-refractivity contribution is 6.30. The smallest absolute Gasteiger partial charge is 0.355 e. The van der Waals surface area contributed by atoms with E-state index in [1.54, 1.807) is 6.92 Å². The third-order valence-electron chi connectivity index (χ3n) is 2.09. The average molecular weight is 266 g/mol. The number of rotatable bonds is 3. The van der Waals surface area contributed by atoms with Gasteiger partial charge in [0, 0.05) is 6.54 Å². The number of alkyl halides is 4. The standard InChI is InChI=1S/C11H11ClF3NO/c1-2-16-10(17)9(12)7-4-3-5-8(6-7)11(13,14)15/h3-6,9H,2H2,1H3,(H,16,17). The van der Waals surface area contributed by atoms with Gasteiger partial charge in [0.15, 0.2) is 0 Å². The molecule has 94 valence electrons. The fraction of sp³-hybridized carbons (Fsp3) is 0.364. The van der Waals surface area contributed by atoms with Crippen molar-refractivity contribution >= 4 is 17.5 Å². The number of hydrogen-bond acceptors (Lipinski definition) is 1. The quantitative estimate of drug-likeness (QED) is 0.836. The summed E-state index contributed by atoms with van der Waals surface area (Å²) in [5.74, 6) is -0.506. The molecule has 0 saturated carbocycles. The van der Waals surface area contributed by atoms with Crippen LogP contribution in [0.5, 0.6) is 0 Å². The van der Waals surface area contributed by atoms with Crippen LogP contribution in [-0.4, -0.2) is 12.5 Å². The molecular formula is C11H11ClF3NO. The molecule has 2 nitrogen and oxygen atoms in total. The van der Waals surface area contributed by atoms with E-state index in [4.69, 9.17) is 11.6 Å². The van der Waals surface area contributed by atoms with Crippen molar-refractivity contribution in [1.82, 2.24) is 5.32 Å². The zero-order chi connectivity index (χ0) is 13.1. The zero-order valence-electron chi connectivity index (χ0n) is 9.01. The van der Waals surface area contributed by atoms with Crippen molar-refractivity contribution in [3.05, 3.63) is 35.4 Å². The molecule has 0 fully saturated rings. The van der Waals surface area contributed by atoms with Crippen LogP contribution in [0.4, 0.5) is 13.2 Å². The first-order chi connectivity index (χ1) is 7.86. The van der Waals surface area contributed by atoms with Crippen molar-refractivity contribution in [2.75, 3.05) is 6.54 Å². The number of carbonyl (C=O) groups excluding carboxylic acids is 1. The van der Waals surface area contributed by atoms with Crippen molar-refractivity contribution in [3.63, 3.8) is 0 Å². The van der Waals surface area contributed by atoms with Crippen LogP contribution < -0.4 is 5.32 Å². The van der Waals surface area contributed by atoms with Crippen LogP contribution in [0, 0.1) is 0 Å². The Morgan fingerprint density at radius 3 is 2.65 bits per heavy atom. The van der Waals surface area contributed by atoms with Gasteiger partial charge in [0.05, 0.1) is 5.56 Å². The molecular weight excluding hydrogens is 255 g/mol. The summed E-state index contributed by atoms with van der Waals surface area (Å²) in [7, 11) is 0. The maximum absolute atomic E-state index is 12.4. The summed E-state index contributed by atoms with van der Waals surface area (Å²) in [6.45, 7) is 2.08. The summed E-state index contributed by atoms with van der Waals surface area (Å²) in [5.41, 5.74) is -0.683. The van der Waals surface area contributed by atoms with Crippen LogP contribution in [0.1, 0.15) is 23.4 Å². The molecule has 0 aliphatic heterocycles. The fourth-order valence-electron chi connectivity index (χ4n) is 1.29. The molecule has 0 bridgehead atoms. The SMILES string of the molecule is CCNC(=O)C(Cl)c1cccc(C(F)(F)F)c1. The minimum atomic E-state index is -4.44. The molecule has 0 aliphatic rings. The van der Waals surface area contributed by atoms with E-state index in [1.807, 2.05) is 0 Å². The van der Waals surface area contributed by atoms with E-state index >= 15 is 0 Å². The van der Waals surface area contributed by atoms with E-state index in [1.165, 1.54) is 12.1 Å². The Hall–Kier alpha value is -1.23. The summed E-state index contributed by atoms with van der Waals surface area (Å²) in [6, 6.07) is 4.44. The monoisotopic (exact) mass is 265 g/mol. The predicted octanol–water partition coefficient (Wildman–Crippen LogP) is 3.12. The van der Waals surface area contributed by atoms with Gasteiger partial charge in [0.25, 0.3) is 0 Å². The second-order valence-electron chi connectivity index (χ2n) is 3.38. The molecule has 1 atom stereocenters. The topological polar surface area (TPSA) is 29.1 Å². The molecule has 6 heteroatoms. The van der Waals surface area contributed by atoms with Gasteiger partial charge in [-0.3, -0.25) is 4.79 Å². The van der Waals surface area contributed by atoms with Crippen LogP contribution >= 0.6 is 11.6 Å². The molecule has 1 unspecified atom stereocenters. The Labute approximate surface area is 102 Å². The number of benzene rings is 1. The van der Waals surface area contributed by atoms with Crippen molar-refractivity contribution in [3.8, 4) is 0 Å². The van der Waals surface area contributed by atoms with E-state index in [0.29, 0.717) is 6.54 Å². The van der Waals surface area contributed by atoms with Gasteiger partial charge in [0.1, 0.15) is 5.38 Å². The number of hydrogen-bond donors (Lipinski definition) is 1. The molecule has 1 N–H and O–H groups in total. The first kappa shape index (κ1) is 13.8. The molecule has 17 heavy (non-hydrogen) atoms. The maximum Gasteiger partial charge on any atom is 0.416 e. The van der Waals surface area contributed by atoms with E-state index in [9.17, 15) is 18.0 Å². The molecule has 1 aromatic rings. The van der Waals surface area contributed by atoms with Crippen molar-refractivity contribution in [2.24, 2.45) is 0 Å². The molecule has 0 saturated heterocycles. The third kappa shape index (κ3) is 3.63. The Morgan fingerprint density at radius 1 is 1.47 bits per heavy atom. The summed E-state index contributed by atoms with van der Waals surface area (Å²) in [4.78, 5) is 11.4. The largest absolute Gasteiger partial charge is 0.416 e. The summed E-state index contributed by atoms with van der Waals surface area (Å²) in [6.07, 6.45) is -4.44. The van der Waals surface area contributed by atoms with Gasteiger partial charge in [0.2, 0.25) is 5.91 Å². The minimum absolute atomic E-state index is 0.132. The highest BCUT2D eigenvalue weighted by atomic mass is 35.5. The number of nitrogens with one attached hydrogen (secondary N) is 1. The number of amides is 1. The van der Waals surface area contributed by atoms with Crippen LogP contribution in [0.2, 0.25) is 0 Å². The summed E-state index contributed by atoms with van der Waals surface area (Å²) >= 11 is 5.78. The minimum Gasteiger partial charge on any atom is -0.355 e. The predicted molar refractivity (Wildman–Crippen MR) is 58.7 cm³/mol. The van der Waals surface area contributed by atoms with Gasteiger partial charge in [-0.15, -0.1) is 11.6 Å². The van der Waals surface area contributed by atoms with E-state index in [-0.39, 0.29) is 5.56 Å². The molecule has 0 spiro atoms. The number of likely N-dealkylation sites (N-methyl/N-ethyl adjacent to an activating group) is 1. The highest BCUT2D eigenvalue weighted by Crippen LogP contribution is 2.31. The molecule has 0 heterocycles. The average Bonchev–Trinajstić information content (AvgIpc) is 2.27. The van der Waals surface area contributed by atoms with Gasteiger partial charge in [-0.25, -0.2) is 0 Å². The fourth-order valence-corrected chi connectivity index (χ4v) is 1.50. The lowest BCUT2D eigenvalue weighted by atomic mass is 10.1. The Bertz CT molecular complexity index is 406.